The molecule has 3 aromatic rings. The average Bonchev–Trinajstić information content (AvgIpc) is 2.92. The van der Waals surface area contributed by atoms with Crippen LogP contribution in [0.5, 0.6) is 0 Å². The van der Waals surface area contributed by atoms with E-state index >= 15 is 0 Å². The lowest BCUT2D eigenvalue weighted by Crippen LogP contribution is -2.54. The Morgan fingerprint density at radius 2 is 1.52 bits per heavy atom. The Balaban J connectivity index is 1.91. The molecule has 0 aromatic heterocycles. The monoisotopic (exact) mass is 631 g/mol. The first-order valence-electron chi connectivity index (χ1n) is 14.3. The lowest BCUT2D eigenvalue weighted by Gasteiger charge is -2.34. The van der Waals surface area contributed by atoms with Gasteiger partial charge in [0.15, 0.2) is 0 Å². The highest BCUT2D eigenvalue weighted by atomic mass is 32.2. The van der Waals surface area contributed by atoms with Gasteiger partial charge in [-0.05, 0) is 63.4 Å². The van der Waals surface area contributed by atoms with Crippen LogP contribution in [-0.4, -0.2) is 49.5 Å². The van der Waals surface area contributed by atoms with Gasteiger partial charge >= 0.3 is 6.18 Å². The molecule has 3 aromatic carbocycles. The summed E-state index contributed by atoms with van der Waals surface area (Å²) in [6, 6.07) is 20.1. The predicted octanol–water partition coefficient (Wildman–Crippen LogP) is 6.11. The molecule has 7 nitrogen and oxygen atoms in total. The summed E-state index contributed by atoms with van der Waals surface area (Å²) in [7, 11) is -3.96. The maximum atomic E-state index is 13.9. The largest absolute Gasteiger partial charge is 0.416 e. The first-order chi connectivity index (χ1) is 20.4. The van der Waals surface area contributed by atoms with Crippen LogP contribution in [0, 0.1) is 6.92 Å². The van der Waals surface area contributed by atoms with E-state index < -0.39 is 33.3 Å². The molecule has 0 saturated heterocycles. The van der Waals surface area contributed by atoms with E-state index in [1.807, 2.05) is 82.3 Å². The number of nitrogens with one attached hydrogen (secondary N) is 1. The second-order valence-electron chi connectivity index (χ2n) is 11.9. The van der Waals surface area contributed by atoms with Crippen LogP contribution in [0.2, 0.25) is 0 Å². The Morgan fingerprint density at radius 1 is 0.886 bits per heavy atom. The molecular weight excluding hydrogens is 591 g/mol. The summed E-state index contributed by atoms with van der Waals surface area (Å²) < 4.78 is 66.0. The van der Waals surface area contributed by atoms with E-state index in [4.69, 9.17) is 0 Å². The molecule has 0 unspecified atom stereocenters. The van der Waals surface area contributed by atoms with E-state index in [1.165, 1.54) is 11.0 Å². The minimum Gasteiger partial charge on any atom is -0.350 e. The van der Waals surface area contributed by atoms with Gasteiger partial charge in [-0.1, -0.05) is 66.2 Å². The number of anilines is 1. The molecule has 0 heterocycles. The zero-order chi connectivity index (χ0) is 32.7. The van der Waals surface area contributed by atoms with Gasteiger partial charge in [-0.15, -0.1) is 0 Å². The van der Waals surface area contributed by atoms with Gasteiger partial charge in [0.1, 0.15) is 6.04 Å². The third-order valence-corrected chi connectivity index (χ3v) is 8.05. The Labute approximate surface area is 258 Å². The molecule has 0 radical (unpaired) electrons. The number of alkyl halides is 3. The maximum absolute atomic E-state index is 13.9. The topological polar surface area (TPSA) is 86.8 Å². The van der Waals surface area contributed by atoms with Crippen LogP contribution in [0.25, 0.3) is 0 Å². The highest BCUT2D eigenvalue weighted by molar-refractivity contribution is 7.92. The number of halogens is 3. The summed E-state index contributed by atoms with van der Waals surface area (Å²) in [5.41, 5.74) is 1.03. The zero-order valence-corrected chi connectivity index (χ0v) is 26.5. The molecule has 3 rings (SSSR count). The number of nitrogens with zero attached hydrogens (tertiary/aromatic N) is 2. The maximum Gasteiger partial charge on any atom is 0.416 e. The van der Waals surface area contributed by atoms with Gasteiger partial charge in [0, 0.05) is 31.5 Å². The van der Waals surface area contributed by atoms with Crippen LogP contribution >= 0.6 is 0 Å². The number of aryl methyl sites for hydroxylation is 1. The van der Waals surface area contributed by atoms with Crippen LogP contribution in [0.15, 0.2) is 78.9 Å². The summed E-state index contributed by atoms with van der Waals surface area (Å²) >= 11 is 0. The van der Waals surface area contributed by atoms with Gasteiger partial charge in [-0.25, -0.2) is 8.42 Å². The summed E-state index contributed by atoms with van der Waals surface area (Å²) in [5, 5.41) is 2.99. The Kier molecular flexibility index (Phi) is 11.2. The van der Waals surface area contributed by atoms with Crippen molar-refractivity contribution in [3.8, 4) is 0 Å². The van der Waals surface area contributed by atoms with Crippen LogP contribution in [0.3, 0.4) is 0 Å². The molecule has 1 N–H and O–H groups in total. The highest BCUT2D eigenvalue weighted by Crippen LogP contribution is 2.32. The number of amides is 2. The molecule has 2 amide bonds. The van der Waals surface area contributed by atoms with Gasteiger partial charge in [0.2, 0.25) is 21.8 Å². The van der Waals surface area contributed by atoms with Crippen molar-refractivity contribution < 1.29 is 31.2 Å². The minimum absolute atomic E-state index is 0.0193. The number of carbonyl (C=O) groups excluding carboxylic acids is 2. The van der Waals surface area contributed by atoms with Gasteiger partial charge in [0.05, 0.1) is 17.5 Å². The zero-order valence-electron chi connectivity index (χ0n) is 25.7. The molecule has 1 atom stereocenters. The summed E-state index contributed by atoms with van der Waals surface area (Å²) in [6.07, 6.45) is -3.60. The van der Waals surface area contributed by atoms with Crippen molar-refractivity contribution >= 4 is 27.5 Å². The van der Waals surface area contributed by atoms with Crippen molar-refractivity contribution in [3.63, 3.8) is 0 Å². The molecule has 0 saturated carbocycles. The van der Waals surface area contributed by atoms with Gasteiger partial charge < -0.3 is 10.2 Å². The van der Waals surface area contributed by atoms with Crippen LogP contribution in [-0.2, 0) is 38.8 Å². The Hall–Kier alpha value is -3.86. The van der Waals surface area contributed by atoms with Gasteiger partial charge in [-0.3, -0.25) is 13.9 Å². The summed E-state index contributed by atoms with van der Waals surface area (Å²) in [6.45, 7) is 7.41. The Morgan fingerprint density at radius 3 is 2.09 bits per heavy atom. The second-order valence-corrected chi connectivity index (χ2v) is 13.8. The number of hydrogen-bond acceptors (Lipinski definition) is 4. The number of rotatable bonds is 12. The number of sulfonamides is 1. The molecule has 0 aliphatic heterocycles. The number of hydrogen-bond donors (Lipinski definition) is 1. The van der Waals surface area contributed by atoms with Crippen molar-refractivity contribution in [2.45, 2.75) is 71.3 Å². The molecule has 11 heteroatoms. The van der Waals surface area contributed by atoms with E-state index in [0.29, 0.717) is 0 Å². The fourth-order valence-corrected chi connectivity index (χ4v) is 5.70. The van der Waals surface area contributed by atoms with E-state index in [2.05, 4.69) is 5.32 Å². The molecule has 0 bridgehead atoms. The molecule has 44 heavy (non-hydrogen) atoms. The van der Waals surface area contributed by atoms with Crippen LogP contribution in [0.1, 0.15) is 55.9 Å². The molecule has 0 fully saturated rings. The fourth-order valence-electron chi connectivity index (χ4n) is 4.74. The van der Waals surface area contributed by atoms with Crippen LogP contribution < -0.4 is 9.62 Å². The van der Waals surface area contributed by atoms with E-state index in [0.717, 1.165) is 45.5 Å². The highest BCUT2D eigenvalue weighted by Gasteiger charge is 2.33. The second kappa shape index (κ2) is 14.3. The first-order valence-corrected chi connectivity index (χ1v) is 16.1. The third kappa shape index (κ3) is 10.4. The van der Waals surface area contributed by atoms with Crippen molar-refractivity contribution in [3.05, 3.63) is 101 Å². The quantitative estimate of drug-likeness (QED) is 0.261. The lowest BCUT2D eigenvalue weighted by atomic mass is 10.00. The summed E-state index contributed by atoms with van der Waals surface area (Å²) in [4.78, 5) is 29.1. The van der Waals surface area contributed by atoms with E-state index in [1.54, 1.807) is 0 Å². The van der Waals surface area contributed by atoms with Crippen molar-refractivity contribution in [2.24, 2.45) is 0 Å². The van der Waals surface area contributed by atoms with Crippen molar-refractivity contribution in [2.75, 3.05) is 17.1 Å². The molecule has 0 spiro atoms. The Bertz CT molecular complexity index is 1520. The first kappa shape index (κ1) is 34.6. The van der Waals surface area contributed by atoms with Crippen molar-refractivity contribution in [1.29, 1.82) is 0 Å². The number of benzene rings is 3. The fraction of sp³-hybridized carbons (Fsp3) is 0.394. The number of carbonyl (C=O) groups is 2. The summed E-state index contributed by atoms with van der Waals surface area (Å²) in [5.74, 6) is -0.711. The van der Waals surface area contributed by atoms with Crippen LogP contribution in [0.4, 0.5) is 18.9 Å². The SMILES string of the molecule is Cc1ccc(CN(C(=O)CCCN(c2cccc(C(F)(F)F)c2)S(C)(=O)=O)[C@@H](Cc2ccccc2)C(=O)NC(C)(C)C)cc1. The predicted molar refractivity (Wildman–Crippen MR) is 166 cm³/mol. The smallest absolute Gasteiger partial charge is 0.350 e. The molecule has 0 aliphatic carbocycles. The third-order valence-electron chi connectivity index (χ3n) is 6.86. The standard InChI is InChI=1S/C33H40F3N3O4S/c1-24-16-18-26(19-17-24)23-38(29(31(41)37-32(2,3)4)21-25-11-7-6-8-12-25)30(40)15-10-20-39(44(5,42)43)28-14-9-13-27(22-28)33(34,35)36/h6-9,11-14,16-19,22,29H,10,15,20-21,23H2,1-5H3,(H,37,41)/t29-/m0/s1. The average molecular weight is 632 g/mol. The molecule has 0 aliphatic rings. The van der Waals surface area contributed by atoms with Crippen molar-refractivity contribution in [1.82, 2.24) is 10.2 Å². The van der Waals surface area contributed by atoms with E-state index in [-0.39, 0.29) is 49.9 Å². The normalized spacial score (nSPS) is 12.8. The molecular formula is C33H40F3N3O4S. The molecule has 238 valence electrons. The van der Waals surface area contributed by atoms with Gasteiger partial charge in [-0.2, -0.15) is 13.2 Å². The van der Waals surface area contributed by atoms with Gasteiger partial charge in [0.25, 0.3) is 0 Å². The lowest BCUT2D eigenvalue weighted by molar-refractivity contribution is -0.142. The minimum atomic E-state index is -4.65. The van der Waals surface area contributed by atoms with E-state index in [9.17, 15) is 31.2 Å².